The highest BCUT2D eigenvalue weighted by molar-refractivity contribution is 5.78. The van der Waals surface area contributed by atoms with Crippen molar-refractivity contribution in [2.75, 3.05) is 6.54 Å². The molecule has 0 unspecified atom stereocenters. The van der Waals surface area contributed by atoms with Crippen molar-refractivity contribution >= 4 is 11.9 Å². The third-order valence-electron chi connectivity index (χ3n) is 3.20. The Hall–Kier alpha value is -1.91. The van der Waals surface area contributed by atoms with Crippen LogP contribution < -0.4 is 5.32 Å². The predicted octanol–water partition coefficient (Wildman–Crippen LogP) is 2.91. The van der Waals surface area contributed by atoms with E-state index in [0.717, 1.165) is 25.7 Å². The van der Waals surface area contributed by atoms with Gasteiger partial charge in [-0.3, -0.25) is 9.59 Å². The van der Waals surface area contributed by atoms with Crippen LogP contribution in [0, 0.1) is 5.82 Å². The molecule has 0 aliphatic heterocycles. The van der Waals surface area contributed by atoms with Crippen molar-refractivity contribution in [1.82, 2.24) is 5.32 Å². The Balaban J connectivity index is 2.04. The lowest BCUT2D eigenvalue weighted by molar-refractivity contribution is -0.137. The van der Waals surface area contributed by atoms with Gasteiger partial charge in [-0.1, -0.05) is 37.5 Å². The van der Waals surface area contributed by atoms with Gasteiger partial charge in [-0.15, -0.1) is 0 Å². The quantitative estimate of drug-likeness (QED) is 0.652. The number of carbonyl (C=O) groups is 2. The normalized spacial score (nSPS) is 10.3. The van der Waals surface area contributed by atoms with Crippen molar-refractivity contribution in [3.05, 3.63) is 35.6 Å². The predicted molar refractivity (Wildman–Crippen MR) is 78.5 cm³/mol. The molecule has 116 valence electrons. The van der Waals surface area contributed by atoms with Crippen LogP contribution in [0.3, 0.4) is 0 Å². The van der Waals surface area contributed by atoms with E-state index < -0.39 is 5.97 Å². The van der Waals surface area contributed by atoms with Crippen LogP contribution in [0.4, 0.5) is 4.39 Å². The Morgan fingerprint density at radius 2 is 1.71 bits per heavy atom. The van der Waals surface area contributed by atoms with E-state index in [1.54, 1.807) is 18.2 Å². The Labute approximate surface area is 124 Å². The van der Waals surface area contributed by atoms with Crippen LogP contribution in [0.25, 0.3) is 0 Å². The molecule has 1 aromatic rings. The van der Waals surface area contributed by atoms with Crippen LogP contribution >= 0.6 is 0 Å². The van der Waals surface area contributed by atoms with Crippen LogP contribution in [0.5, 0.6) is 0 Å². The Morgan fingerprint density at radius 3 is 2.43 bits per heavy atom. The molecule has 4 nitrogen and oxygen atoms in total. The van der Waals surface area contributed by atoms with Gasteiger partial charge in [-0.25, -0.2) is 4.39 Å². The number of halogens is 1. The van der Waals surface area contributed by atoms with Crippen molar-refractivity contribution < 1.29 is 19.1 Å². The lowest BCUT2D eigenvalue weighted by Crippen LogP contribution is -2.26. The minimum absolute atomic E-state index is 0.0608. The summed E-state index contributed by atoms with van der Waals surface area (Å²) in [6, 6.07) is 6.26. The van der Waals surface area contributed by atoms with Crippen molar-refractivity contribution in [3.63, 3.8) is 0 Å². The van der Waals surface area contributed by atoms with Crippen molar-refractivity contribution in [2.24, 2.45) is 0 Å². The Kier molecular flexibility index (Phi) is 8.09. The van der Waals surface area contributed by atoms with E-state index in [-0.39, 0.29) is 24.6 Å². The monoisotopic (exact) mass is 295 g/mol. The fourth-order valence-electron chi connectivity index (χ4n) is 2.04. The molecule has 0 bridgehead atoms. The lowest BCUT2D eigenvalue weighted by Gasteiger charge is -2.06. The summed E-state index contributed by atoms with van der Waals surface area (Å²) in [6.45, 7) is 0.576. The first-order valence-electron chi connectivity index (χ1n) is 7.31. The maximum absolute atomic E-state index is 13.3. The standard InChI is InChI=1S/C16H22FNO3/c17-14-9-6-5-8-13(14)12-15(19)18-11-7-3-1-2-4-10-16(20)21/h5-6,8-9H,1-4,7,10-12H2,(H,18,19)(H,20,21). The molecule has 0 atom stereocenters. The zero-order chi connectivity index (χ0) is 15.5. The Morgan fingerprint density at radius 1 is 1.05 bits per heavy atom. The van der Waals surface area contributed by atoms with E-state index in [1.807, 2.05) is 0 Å². The SMILES string of the molecule is O=C(O)CCCCCCCNC(=O)Cc1ccccc1F. The summed E-state index contributed by atoms with van der Waals surface area (Å²) in [6.07, 6.45) is 4.67. The van der Waals surface area contributed by atoms with E-state index in [9.17, 15) is 14.0 Å². The van der Waals surface area contributed by atoms with Crippen LogP contribution in [-0.2, 0) is 16.0 Å². The number of rotatable bonds is 10. The average molecular weight is 295 g/mol. The second-order valence-corrected chi connectivity index (χ2v) is 5.03. The molecule has 0 aliphatic rings. The van der Waals surface area contributed by atoms with Crippen LogP contribution in [0.1, 0.15) is 44.1 Å². The number of hydrogen-bond acceptors (Lipinski definition) is 2. The summed E-state index contributed by atoms with van der Waals surface area (Å²) < 4.78 is 13.3. The smallest absolute Gasteiger partial charge is 0.303 e. The molecule has 0 spiro atoms. The molecule has 1 rings (SSSR count). The number of hydrogen-bond donors (Lipinski definition) is 2. The molecular weight excluding hydrogens is 273 g/mol. The van der Waals surface area contributed by atoms with Crippen molar-refractivity contribution in [2.45, 2.75) is 44.9 Å². The van der Waals surface area contributed by atoms with Crippen LogP contribution in [0.2, 0.25) is 0 Å². The summed E-state index contributed by atoms with van der Waals surface area (Å²) in [4.78, 5) is 21.9. The summed E-state index contributed by atoms with van der Waals surface area (Å²) in [5.74, 6) is -1.28. The number of amides is 1. The molecule has 0 saturated carbocycles. The van der Waals surface area contributed by atoms with Crippen molar-refractivity contribution in [3.8, 4) is 0 Å². The van der Waals surface area contributed by atoms with Gasteiger partial charge in [0.2, 0.25) is 5.91 Å². The molecule has 5 heteroatoms. The second kappa shape index (κ2) is 9.91. The maximum atomic E-state index is 13.3. The third kappa shape index (κ3) is 8.07. The van der Waals surface area contributed by atoms with E-state index in [4.69, 9.17) is 5.11 Å². The molecular formula is C16H22FNO3. The van der Waals surface area contributed by atoms with Gasteiger partial charge in [0.15, 0.2) is 0 Å². The molecule has 0 saturated heterocycles. The first-order chi connectivity index (χ1) is 10.1. The number of aliphatic carboxylic acids is 1. The van der Waals surface area contributed by atoms with Gasteiger partial charge in [-0.05, 0) is 24.5 Å². The van der Waals surface area contributed by atoms with Gasteiger partial charge < -0.3 is 10.4 Å². The third-order valence-corrected chi connectivity index (χ3v) is 3.20. The van der Waals surface area contributed by atoms with Crippen LogP contribution in [0.15, 0.2) is 24.3 Å². The van der Waals surface area contributed by atoms with Gasteiger partial charge in [0.05, 0.1) is 6.42 Å². The number of carboxylic acids is 1. The van der Waals surface area contributed by atoms with Gasteiger partial charge in [0, 0.05) is 13.0 Å². The molecule has 0 aliphatic carbocycles. The zero-order valence-corrected chi connectivity index (χ0v) is 12.1. The minimum Gasteiger partial charge on any atom is -0.481 e. The number of nitrogens with one attached hydrogen (secondary N) is 1. The molecule has 21 heavy (non-hydrogen) atoms. The van der Waals surface area contributed by atoms with Gasteiger partial charge >= 0.3 is 5.97 Å². The number of unbranched alkanes of at least 4 members (excludes halogenated alkanes) is 4. The van der Waals surface area contributed by atoms with Gasteiger partial charge in [-0.2, -0.15) is 0 Å². The fourth-order valence-corrected chi connectivity index (χ4v) is 2.04. The molecule has 0 radical (unpaired) electrons. The summed E-state index contributed by atoms with van der Waals surface area (Å²) >= 11 is 0. The van der Waals surface area contributed by atoms with Crippen LogP contribution in [-0.4, -0.2) is 23.5 Å². The highest BCUT2D eigenvalue weighted by Gasteiger charge is 2.06. The number of carbonyl (C=O) groups excluding carboxylic acids is 1. The summed E-state index contributed by atoms with van der Waals surface area (Å²) in [5.41, 5.74) is 0.406. The highest BCUT2D eigenvalue weighted by atomic mass is 19.1. The average Bonchev–Trinajstić information content (AvgIpc) is 2.44. The Bertz CT molecular complexity index is 463. The molecule has 0 fully saturated rings. The zero-order valence-electron chi connectivity index (χ0n) is 12.1. The lowest BCUT2D eigenvalue weighted by atomic mass is 10.1. The first kappa shape index (κ1) is 17.1. The van der Waals surface area contributed by atoms with E-state index in [2.05, 4.69) is 5.32 Å². The molecule has 2 N–H and O–H groups in total. The van der Waals surface area contributed by atoms with Gasteiger partial charge in [0.25, 0.3) is 0 Å². The van der Waals surface area contributed by atoms with E-state index >= 15 is 0 Å². The largest absolute Gasteiger partial charge is 0.481 e. The van der Waals surface area contributed by atoms with E-state index in [0.29, 0.717) is 18.5 Å². The van der Waals surface area contributed by atoms with Gasteiger partial charge in [0.1, 0.15) is 5.82 Å². The molecule has 1 amide bonds. The number of benzene rings is 1. The minimum atomic E-state index is -0.754. The summed E-state index contributed by atoms with van der Waals surface area (Å²) in [5, 5.41) is 11.2. The molecule has 0 aromatic heterocycles. The number of carboxylic acid groups (broad SMARTS) is 1. The topological polar surface area (TPSA) is 66.4 Å². The molecule has 1 aromatic carbocycles. The maximum Gasteiger partial charge on any atom is 0.303 e. The summed E-state index contributed by atoms with van der Waals surface area (Å²) in [7, 11) is 0. The van der Waals surface area contributed by atoms with E-state index in [1.165, 1.54) is 6.07 Å². The van der Waals surface area contributed by atoms with Crippen molar-refractivity contribution in [1.29, 1.82) is 0 Å². The fraction of sp³-hybridized carbons (Fsp3) is 0.500. The highest BCUT2D eigenvalue weighted by Crippen LogP contribution is 2.07. The first-order valence-corrected chi connectivity index (χ1v) is 7.31. The molecule has 0 heterocycles. The second-order valence-electron chi connectivity index (χ2n) is 5.03.